The second-order valence-electron chi connectivity index (χ2n) is 10.4. The molecule has 1 aliphatic heterocycles. The standard InChI is InChI=1S/C27H26ClN7O2/c1-14-25(34-12-19-7-23(19)27(34)37)8-18(11-30-14)15(2)35-13-24(32-33-35)26(36)31-21-5-17(6-21)22-9-20(28)4-3-16(22)10-29/h3-4,8-9,11,13,15,17,19,21,23H,5-7,12H2,1-2H3,(H,31,36)/t15?,17?,19-,21?,23-/m1/s1. The highest BCUT2D eigenvalue weighted by atomic mass is 35.5. The summed E-state index contributed by atoms with van der Waals surface area (Å²) in [7, 11) is 0. The third-order valence-electron chi connectivity index (χ3n) is 7.96. The van der Waals surface area contributed by atoms with Crippen molar-refractivity contribution in [1.29, 1.82) is 5.26 Å². The first-order valence-electron chi connectivity index (χ1n) is 12.5. The van der Waals surface area contributed by atoms with E-state index in [-0.39, 0.29) is 41.4 Å². The van der Waals surface area contributed by atoms with Crippen molar-refractivity contribution in [2.45, 2.75) is 51.1 Å². The molecular formula is C27H26ClN7O2. The van der Waals surface area contributed by atoms with Gasteiger partial charge in [0, 0.05) is 29.7 Å². The molecule has 2 saturated carbocycles. The van der Waals surface area contributed by atoms with Crippen molar-refractivity contribution < 1.29 is 9.59 Å². The number of amides is 2. The van der Waals surface area contributed by atoms with Gasteiger partial charge in [-0.25, -0.2) is 4.68 Å². The minimum atomic E-state index is -0.280. The van der Waals surface area contributed by atoms with Crippen LogP contribution in [0, 0.1) is 30.1 Å². The summed E-state index contributed by atoms with van der Waals surface area (Å²) in [5.74, 6) is 0.761. The lowest BCUT2D eigenvalue weighted by Crippen LogP contribution is -2.43. The first-order valence-corrected chi connectivity index (χ1v) is 12.9. The van der Waals surface area contributed by atoms with E-state index in [1.165, 1.54) is 0 Å². The van der Waals surface area contributed by atoms with Gasteiger partial charge >= 0.3 is 0 Å². The topological polar surface area (TPSA) is 117 Å². The maximum absolute atomic E-state index is 12.8. The van der Waals surface area contributed by atoms with Crippen LogP contribution in [0.3, 0.4) is 0 Å². The minimum Gasteiger partial charge on any atom is -0.348 e. The number of nitrogens with zero attached hydrogens (tertiary/aromatic N) is 6. The van der Waals surface area contributed by atoms with Gasteiger partial charge in [-0.2, -0.15) is 5.26 Å². The molecule has 3 aliphatic rings. The summed E-state index contributed by atoms with van der Waals surface area (Å²) in [6.07, 6.45) is 5.90. The number of anilines is 1. The van der Waals surface area contributed by atoms with Gasteiger partial charge in [-0.05, 0) is 80.3 Å². The number of aryl methyl sites for hydroxylation is 1. The molecule has 3 aromatic rings. The fraction of sp³-hybridized carbons (Fsp3) is 0.407. The Morgan fingerprint density at radius 1 is 1.27 bits per heavy atom. The van der Waals surface area contributed by atoms with E-state index in [9.17, 15) is 14.9 Å². The summed E-state index contributed by atoms with van der Waals surface area (Å²) in [5, 5.41) is 21.3. The van der Waals surface area contributed by atoms with Gasteiger partial charge in [0.25, 0.3) is 5.91 Å². The fourth-order valence-electron chi connectivity index (χ4n) is 5.48. The third kappa shape index (κ3) is 4.25. The van der Waals surface area contributed by atoms with Gasteiger partial charge in [-0.15, -0.1) is 5.10 Å². The number of carbonyl (C=O) groups excluding carboxylic acids is 2. The summed E-state index contributed by atoms with van der Waals surface area (Å²) in [4.78, 5) is 31.8. The highest BCUT2D eigenvalue weighted by Gasteiger charge is 2.52. The highest BCUT2D eigenvalue weighted by molar-refractivity contribution is 6.30. The summed E-state index contributed by atoms with van der Waals surface area (Å²) in [5.41, 5.74) is 4.35. The Labute approximate surface area is 219 Å². The number of halogens is 1. The zero-order valence-electron chi connectivity index (χ0n) is 20.6. The van der Waals surface area contributed by atoms with Gasteiger partial charge < -0.3 is 10.2 Å². The van der Waals surface area contributed by atoms with Crippen LogP contribution in [0.25, 0.3) is 0 Å². The number of benzene rings is 1. The van der Waals surface area contributed by atoms with Crippen molar-refractivity contribution in [1.82, 2.24) is 25.3 Å². The minimum absolute atomic E-state index is 0.00124. The molecular weight excluding hydrogens is 490 g/mol. The Hall–Kier alpha value is -3.77. The molecule has 2 aliphatic carbocycles. The lowest BCUT2D eigenvalue weighted by atomic mass is 9.74. The number of pyridine rings is 1. The van der Waals surface area contributed by atoms with Gasteiger partial charge in [0.05, 0.1) is 35.3 Å². The molecule has 1 N–H and O–H groups in total. The van der Waals surface area contributed by atoms with Crippen molar-refractivity contribution in [3.63, 3.8) is 0 Å². The quantitative estimate of drug-likeness (QED) is 0.534. The van der Waals surface area contributed by atoms with Crippen LogP contribution in [0.15, 0.2) is 36.7 Å². The van der Waals surface area contributed by atoms with E-state index in [1.807, 2.05) is 30.9 Å². The van der Waals surface area contributed by atoms with Crippen LogP contribution in [0.2, 0.25) is 5.02 Å². The Morgan fingerprint density at radius 3 is 2.81 bits per heavy atom. The first kappa shape index (κ1) is 23.6. The van der Waals surface area contributed by atoms with Gasteiger partial charge in [0.15, 0.2) is 5.69 Å². The van der Waals surface area contributed by atoms with E-state index < -0.39 is 0 Å². The average molecular weight is 516 g/mol. The Bertz CT molecular complexity index is 1460. The molecule has 37 heavy (non-hydrogen) atoms. The van der Waals surface area contributed by atoms with Crippen molar-refractivity contribution in [3.8, 4) is 6.07 Å². The number of nitrogens with one attached hydrogen (secondary N) is 1. The van der Waals surface area contributed by atoms with Crippen LogP contribution in [0.5, 0.6) is 0 Å². The molecule has 3 atom stereocenters. The number of nitriles is 1. The summed E-state index contributed by atoms with van der Waals surface area (Å²) < 4.78 is 1.64. The predicted octanol–water partition coefficient (Wildman–Crippen LogP) is 3.77. The molecule has 188 valence electrons. The van der Waals surface area contributed by atoms with E-state index >= 15 is 0 Å². The number of hydrogen-bond donors (Lipinski definition) is 1. The zero-order chi connectivity index (χ0) is 25.8. The molecule has 3 heterocycles. The molecule has 1 saturated heterocycles. The van der Waals surface area contributed by atoms with Crippen LogP contribution in [0.1, 0.15) is 71.0 Å². The molecule has 1 unspecified atom stereocenters. The monoisotopic (exact) mass is 515 g/mol. The van der Waals surface area contributed by atoms with E-state index in [0.717, 1.165) is 48.3 Å². The van der Waals surface area contributed by atoms with Gasteiger partial charge in [-0.1, -0.05) is 16.8 Å². The lowest BCUT2D eigenvalue weighted by Gasteiger charge is -2.36. The number of hydrogen-bond acceptors (Lipinski definition) is 6. The maximum Gasteiger partial charge on any atom is 0.273 e. The molecule has 2 aromatic heterocycles. The van der Waals surface area contributed by atoms with Crippen molar-refractivity contribution in [2.75, 3.05) is 11.4 Å². The number of piperidine rings is 1. The van der Waals surface area contributed by atoms with Crippen molar-refractivity contribution in [2.24, 2.45) is 11.8 Å². The molecule has 0 spiro atoms. The largest absolute Gasteiger partial charge is 0.348 e. The summed E-state index contributed by atoms with van der Waals surface area (Å²) in [6.45, 7) is 4.64. The summed E-state index contributed by atoms with van der Waals surface area (Å²) in [6, 6.07) is 9.29. The van der Waals surface area contributed by atoms with E-state index in [2.05, 4.69) is 26.7 Å². The fourth-order valence-corrected chi connectivity index (χ4v) is 5.66. The van der Waals surface area contributed by atoms with E-state index in [0.29, 0.717) is 16.5 Å². The highest BCUT2D eigenvalue weighted by Crippen LogP contribution is 2.48. The van der Waals surface area contributed by atoms with Gasteiger partial charge in [0.2, 0.25) is 5.91 Å². The molecule has 0 radical (unpaired) electrons. The first-order chi connectivity index (χ1) is 17.8. The van der Waals surface area contributed by atoms with Crippen LogP contribution in [-0.4, -0.2) is 44.4 Å². The normalized spacial score (nSPS) is 24.7. The maximum atomic E-state index is 12.8. The lowest BCUT2D eigenvalue weighted by molar-refractivity contribution is -0.118. The van der Waals surface area contributed by atoms with Crippen LogP contribution < -0.4 is 10.2 Å². The number of rotatable bonds is 6. The molecule has 1 aromatic carbocycles. The second-order valence-corrected chi connectivity index (χ2v) is 10.8. The van der Waals surface area contributed by atoms with Gasteiger partial charge in [-0.3, -0.25) is 14.6 Å². The average Bonchev–Trinajstić information content (AvgIpc) is 3.32. The number of carbonyl (C=O) groups is 2. The SMILES string of the molecule is Cc1ncc(C(C)n2cc(C(=O)NC3CC(c4cc(Cl)ccc4C#N)C3)nn2)cc1N1C[C@H]2C[C@H]2C1=O. The number of aromatic nitrogens is 4. The Balaban J connectivity index is 1.10. The predicted molar refractivity (Wildman–Crippen MR) is 136 cm³/mol. The molecule has 10 heteroatoms. The Kier molecular flexibility index (Phi) is 5.72. The van der Waals surface area contributed by atoms with Crippen molar-refractivity contribution >= 4 is 29.1 Å². The second kappa shape index (κ2) is 8.96. The van der Waals surface area contributed by atoms with Gasteiger partial charge in [0.1, 0.15) is 0 Å². The molecule has 3 fully saturated rings. The van der Waals surface area contributed by atoms with Crippen LogP contribution in [-0.2, 0) is 4.79 Å². The number of fused-ring (bicyclic) bond motifs is 1. The third-order valence-corrected chi connectivity index (χ3v) is 8.20. The van der Waals surface area contributed by atoms with E-state index in [4.69, 9.17) is 11.6 Å². The van der Waals surface area contributed by atoms with Crippen LogP contribution in [0.4, 0.5) is 5.69 Å². The van der Waals surface area contributed by atoms with Crippen LogP contribution >= 0.6 is 11.6 Å². The Morgan fingerprint density at radius 2 is 2.08 bits per heavy atom. The molecule has 0 bridgehead atoms. The summed E-state index contributed by atoms with van der Waals surface area (Å²) >= 11 is 6.12. The van der Waals surface area contributed by atoms with E-state index in [1.54, 1.807) is 29.2 Å². The molecule has 9 nitrogen and oxygen atoms in total. The molecule has 6 rings (SSSR count). The molecule has 2 amide bonds. The zero-order valence-corrected chi connectivity index (χ0v) is 21.3. The van der Waals surface area contributed by atoms with Crippen molar-refractivity contribution in [3.05, 3.63) is 69.8 Å². The smallest absolute Gasteiger partial charge is 0.273 e.